The number of nitrogen functional groups attached to an aromatic ring is 1. The zero-order valence-corrected chi connectivity index (χ0v) is 11.6. The van der Waals surface area contributed by atoms with E-state index < -0.39 is 0 Å². The second-order valence-electron chi connectivity index (χ2n) is 5.30. The molecule has 0 saturated heterocycles. The van der Waals surface area contributed by atoms with Gasteiger partial charge < -0.3 is 21.1 Å². The Morgan fingerprint density at radius 2 is 2.27 bits per heavy atom. The van der Waals surface area contributed by atoms with Crippen molar-refractivity contribution in [2.75, 3.05) is 29.2 Å². The van der Waals surface area contributed by atoms with Gasteiger partial charge in [0.25, 0.3) is 0 Å². The first kappa shape index (κ1) is 13.0. The number of aromatic nitrogens is 6. The molecule has 0 aromatic carbocycles. The maximum absolute atomic E-state index is 9.28. The number of H-pyrrole nitrogens is 1. The number of aliphatic hydroxyl groups excluding tert-OH is 1. The molecule has 2 unspecified atom stereocenters. The number of nitrogens with one attached hydrogen (secondary N) is 2. The summed E-state index contributed by atoms with van der Waals surface area (Å²) in [7, 11) is 0. The van der Waals surface area contributed by atoms with Gasteiger partial charge in [0, 0.05) is 12.5 Å². The van der Waals surface area contributed by atoms with Crippen molar-refractivity contribution in [3.05, 3.63) is 12.2 Å². The van der Waals surface area contributed by atoms with Crippen LogP contribution in [0.15, 0.2) is 12.2 Å². The van der Waals surface area contributed by atoms with Crippen molar-refractivity contribution < 1.29 is 5.11 Å². The third-order valence-electron chi connectivity index (χ3n) is 3.95. The van der Waals surface area contributed by atoms with Crippen molar-refractivity contribution in [1.82, 2.24) is 30.6 Å². The molecule has 10 heteroatoms. The average Bonchev–Trinajstić information content (AvgIpc) is 3.25. The van der Waals surface area contributed by atoms with Gasteiger partial charge in [0.05, 0.1) is 12.7 Å². The number of aliphatic hydroxyl groups is 1. The number of hydrogen-bond acceptors (Lipinski definition) is 9. The van der Waals surface area contributed by atoms with Gasteiger partial charge in [0.1, 0.15) is 11.4 Å². The molecule has 1 aliphatic heterocycles. The first-order valence-corrected chi connectivity index (χ1v) is 6.97. The number of anilines is 3. The molecule has 0 radical (unpaired) electrons. The zero-order valence-electron chi connectivity index (χ0n) is 11.6. The minimum atomic E-state index is 0.154. The first-order chi connectivity index (χ1) is 10.8. The normalized spacial score (nSPS) is 22.9. The summed E-state index contributed by atoms with van der Waals surface area (Å²) < 4.78 is 0. The number of fused-ring (bicyclic) bond motifs is 1. The monoisotopic (exact) mass is 301 g/mol. The van der Waals surface area contributed by atoms with Crippen LogP contribution in [-0.2, 0) is 0 Å². The Kier molecular flexibility index (Phi) is 2.89. The fraction of sp³-hybridized carbons (Fsp3) is 0.417. The Morgan fingerprint density at radius 3 is 3.00 bits per heavy atom. The number of tetrazole rings is 1. The van der Waals surface area contributed by atoms with Crippen LogP contribution in [0.4, 0.5) is 17.5 Å². The summed E-state index contributed by atoms with van der Waals surface area (Å²) in [4.78, 5) is 10.7. The molecule has 10 nitrogen and oxygen atoms in total. The van der Waals surface area contributed by atoms with Crippen LogP contribution in [0.1, 0.15) is 6.42 Å². The van der Waals surface area contributed by atoms with Gasteiger partial charge in [-0.1, -0.05) is 12.2 Å². The van der Waals surface area contributed by atoms with Gasteiger partial charge in [-0.15, -0.1) is 10.2 Å². The van der Waals surface area contributed by atoms with Crippen molar-refractivity contribution >= 4 is 17.5 Å². The zero-order chi connectivity index (χ0) is 15.1. The molecule has 3 heterocycles. The van der Waals surface area contributed by atoms with Gasteiger partial charge in [-0.05, 0) is 11.6 Å². The van der Waals surface area contributed by atoms with E-state index in [-0.39, 0.29) is 24.5 Å². The quantitative estimate of drug-likeness (QED) is 0.545. The van der Waals surface area contributed by atoms with E-state index in [0.29, 0.717) is 18.2 Å². The molecular formula is C12H15N9O. The molecule has 1 aliphatic carbocycles. The minimum Gasteiger partial charge on any atom is -0.396 e. The van der Waals surface area contributed by atoms with Crippen LogP contribution in [0.5, 0.6) is 0 Å². The van der Waals surface area contributed by atoms with E-state index in [1.165, 1.54) is 0 Å². The lowest BCUT2D eigenvalue weighted by Crippen LogP contribution is -2.33. The van der Waals surface area contributed by atoms with Gasteiger partial charge >= 0.3 is 0 Å². The van der Waals surface area contributed by atoms with Crippen LogP contribution in [0.2, 0.25) is 0 Å². The molecule has 2 atom stereocenters. The molecule has 0 fully saturated rings. The second kappa shape index (κ2) is 4.91. The molecule has 0 spiro atoms. The summed E-state index contributed by atoms with van der Waals surface area (Å²) in [6.45, 7) is 0.743. The highest BCUT2D eigenvalue weighted by atomic mass is 16.3. The highest BCUT2D eigenvalue weighted by molar-refractivity contribution is 5.84. The fourth-order valence-electron chi connectivity index (χ4n) is 2.89. The van der Waals surface area contributed by atoms with E-state index in [1.54, 1.807) is 0 Å². The van der Waals surface area contributed by atoms with Crippen molar-refractivity contribution in [1.29, 1.82) is 0 Å². The molecule has 0 saturated carbocycles. The number of hydrogen-bond donors (Lipinski definition) is 4. The lowest BCUT2D eigenvalue weighted by Gasteiger charge is -2.24. The lowest BCUT2D eigenvalue weighted by molar-refractivity contribution is 0.248. The SMILES string of the molecule is Nc1nc(-c2nn[nH]n2)c2c(n1)N(C1C=CC(CO)C1)CN2. The molecule has 0 bridgehead atoms. The fourth-order valence-corrected chi connectivity index (χ4v) is 2.89. The van der Waals surface area contributed by atoms with E-state index in [1.807, 2.05) is 6.08 Å². The van der Waals surface area contributed by atoms with Crippen LogP contribution >= 0.6 is 0 Å². The summed E-state index contributed by atoms with van der Waals surface area (Å²) >= 11 is 0. The highest BCUT2D eigenvalue weighted by Gasteiger charge is 2.33. The molecule has 4 rings (SSSR count). The predicted octanol–water partition coefficient (Wildman–Crippen LogP) is -0.635. The van der Waals surface area contributed by atoms with Gasteiger partial charge in [-0.3, -0.25) is 0 Å². The summed E-state index contributed by atoms with van der Waals surface area (Å²) in [5.41, 5.74) is 7.11. The third kappa shape index (κ3) is 1.96. The van der Waals surface area contributed by atoms with Gasteiger partial charge in [0.15, 0.2) is 5.82 Å². The maximum atomic E-state index is 9.28. The smallest absolute Gasteiger partial charge is 0.225 e. The van der Waals surface area contributed by atoms with Crippen molar-refractivity contribution in [2.45, 2.75) is 12.5 Å². The molecule has 5 N–H and O–H groups in total. The van der Waals surface area contributed by atoms with E-state index in [9.17, 15) is 5.11 Å². The van der Waals surface area contributed by atoms with Crippen LogP contribution < -0.4 is 16.0 Å². The van der Waals surface area contributed by atoms with Crippen molar-refractivity contribution in [3.8, 4) is 11.5 Å². The number of nitrogens with zero attached hydrogens (tertiary/aromatic N) is 6. The standard InChI is InChI=1S/C12H15N9O/c13-12-15-8(10-17-19-20-18-10)9-11(16-12)21(5-14-9)7-2-1-6(3-7)4-22/h1-2,6-7,14,22H,3-5H2,(H2,13,15,16)(H,17,18,19,20). The molecule has 114 valence electrons. The van der Waals surface area contributed by atoms with Crippen LogP contribution in [0, 0.1) is 5.92 Å². The van der Waals surface area contributed by atoms with Gasteiger partial charge in [-0.25, -0.2) is 4.98 Å². The van der Waals surface area contributed by atoms with E-state index in [4.69, 9.17) is 5.73 Å². The van der Waals surface area contributed by atoms with Gasteiger partial charge in [0.2, 0.25) is 11.8 Å². The Morgan fingerprint density at radius 1 is 1.36 bits per heavy atom. The summed E-state index contributed by atoms with van der Waals surface area (Å²) in [6.07, 6.45) is 4.97. The highest BCUT2D eigenvalue weighted by Crippen LogP contribution is 2.39. The first-order valence-electron chi connectivity index (χ1n) is 6.97. The maximum Gasteiger partial charge on any atom is 0.225 e. The van der Waals surface area contributed by atoms with Crippen LogP contribution in [0.3, 0.4) is 0 Å². The number of nitrogens with two attached hydrogens (primary N) is 1. The Bertz CT molecular complexity index is 714. The molecular weight excluding hydrogens is 286 g/mol. The van der Waals surface area contributed by atoms with Gasteiger partial charge in [-0.2, -0.15) is 10.2 Å². The van der Waals surface area contributed by atoms with E-state index in [0.717, 1.165) is 17.9 Å². The Balaban J connectivity index is 1.72. The van der Waals surface area contributed by atoms with Crippen LogP contribution in [-0.4, -0.2) is 55.0 Å². The van der Waals surface area contributed by atoms with Crippen molar-refractivity contribution in [3.63, 3.8) is 0 Å². The van der Waals surface area contributed by atoms with Crippen molar-refractivity contribution in [2.24, 2.45) is 5.92 Å². The van der Waals surface area contributed by atoms with Crippen LogP contribution in [0.25, 0.3) is 11.5 Å². The summed E-state index contributed by atoms with van der Waals surface area (Å²) in [6, 6.07) is 0.165. The predicted molar refractivity (Wildman–Crippen MR) is 78.7 cm³/mol. The Labute approximate surface area is 125 Å². The topological polar surface area (TPSA) is 142 Å². The second-order valence-corrected chi connectivity index (χ2v) is 5.30. The summed E-state index contributed by atoms with van der Waals surface area (Å²) in [5.74, 6) is 1.44. The Hall–Kier alpha value is -2.75. The molecule has 2 aromatic heterocycles. The third-order valence-corrected chi connectivity index (χ3v) is 3.95. The minimum absolute atomic E-state index is 0.154. The average molecular weight is 301 g/mol. The molecule has 22 heavy (non-hydrogen) atoms. The number of aromatic amines is 1. The molecule has 2 aromatic rings. The molecule has 2 aliphatic rings. The largest absolute Gasteiger partial charge is 0.396 e. The van der Waals surface area contributed by atoms with E-state index in [2.05, 4.69) is 46.9 Å². The summed E-state index contributed by atoms with van der Waals surface area (Å²) in [5, 5.41) is 26.4. The molecule has 0 amide bonds. The number of rotatable bonds is 3. The van der Waals surface area contributed by atoms with E-state index >= 15 is 0 Å². The lowest BCUT2D eigenvalue weighted by atomic mass is 10.1.